The zero-order valence-electron chi connectivity index (χ0n) is 14.1. The van der Waals surface area contributed by atoms with Gasteiger partial charge in [-0.15, -0.1) is 12.4 Å². The molecule has 0 atom stereocenters. The number of nitrogens with one attached hydrogen (secondary N) is 3. The third-order valence-corrected chi connectivity index (χ3v) is 5.59. The maximum absolute atomic E-state index is 12.3. The molecule has 0 saturated heterocycles. The Morgan fingerprint density at radius 2 is 1.96 bits per heavy atom. The van der Waals surface area contributed by atoms with Crippen LogP contribution in [0.5, 0.6) is 5.75 Å². The molecule has 140 valence electrons. The molecule has 2 aliphatic rings. The summed E-state index contributed by atoms with van der Waals surface area (Å²) in [4.78, 5) is 12.2. The van der Waals surface area contributed by atoms with Gasteiger partial charge >= 0.3 is 0 Å². The number of rotatable bonds is 9. The van der Waals surface area contributed by atoms with E-state index >= 15 is 0 Å². The van der Waals surface area contributed by atoms with Crippen LogP contribution in [0.3, 0.4) is 0 Å². The van der Waals surface area contributed by atoms with Crippen LogP contribution in [0.1, 0.15) is 25.7 Å². The van der Waals surface area contributed by atoms with E-state index in [9.17, 15) is 13.2 Å². The Morgan fingerprint density at radius 3 is 2.56 bits per heavy atom. The first kappa shape index (κ1) is 20.0. The van der Waals surface area contributed by atoms with Gasteiger partial charge in [-0.3, -0.25) is 4.79 Å². The summed E-state index contributed by atoms with van der Waals surface area (Å²) < 4.78 is 32.4. The number of anilines is 1. The number of sulfonamides is 1. The van der Waals surface area contributed by atoms with Crippen LogP contribution in [0.25, 0.3) is 0 Å². The zero-order valence-corrected chi connectivity index (χ0v) is 15.7. The largest absolute Gasteiger partial charge is 0.495 e. The summed E-state index contributed by atoms with van der Waals surface area (Å²) in [5.41, 5.74) is 0.356. The van der Waals surface area contributed by atoms with Crippen molar-refractivity contribution in [3.05, 3.63) is 18.2 Å². The summed E-state index contributed by atoms with van der Waals surface area (Å²) in [5.74, 6) is 0.892. The molecule has 25 heavy (non-hydrogen) atoms. The minimum absolute atomic E-state index is 0. The van der Waals surface area contributed by atoms with Crippen LogP contribution in [0, 0.1) is 5.92 Å². The van der Waals surface area contributed by atoms with Crippen LogP contribution in [-0.2, 0) is 14.8 Å². The Hall–Kier alpha value is -1.35. The quantitative estimate of drug-likeness (QED) is 0.594. The lowest BCUT2D eigenvalue weighted by Gasteiger charge is -2.13. The molecule has 2 saturated carbocycles. The van der Waals surface area contributed by atoms with Gasteiger partial charge in [0.25, 0.3) is 0 Å². The van der Waals surface area contributed by atoms with Gasteiger partial charge in [-0.2, -0.15) is 0 Å². The number of hydrogen-bond donors (Lipinski definition) is 3. The van der Waals surface area contributed by atoms with Crippen LogP contribution < -0.4 is 20.1 Å². The molecule has 0 aliphatic heterocycles. The molecule has 0 bridgehead atoms. The summed E-state index contributed by atoms with van der Waals surface area (Å²) in [6.07, 6.45) is 4.17. The fraction of sp³-hybridized carbons (Fsp3) is 0.562. The molecule has 3 N–H and O–H groups in total. The number of halogens is 1. The lowest BCUT2D eigenvalue weighted by Crippen LogP contribution is -2.30. The average Bonchev–Trinajstić information content (AvgIpc) is 3.43. The third kappa shape index (κ3) is 5.85. The van der Waals surface area contributed by atoms with Crippen LogP contribution in [-0.4, -0.2) is 40.6 Å². The Labute approximate surface area is 154 Å². The molecular formula is C16H24ClN3O4S. The maximum Gasteiger partial charge on any atom is 0.240 e. The first-order valence-electron chi connectivity index (χ1n) is 8.19. The van der Waals surface area contributed by atoms with Crippen molar-refractivity contribution in [3.8, 4) is 5.75 Å². The number of carbonyl (C=O) groups excluding carboxylic acids is 1. The Bertz CT molecular complexity index is 718. The molecule has 3 rings (SSSR count). The molecule has 0 spiro atoms. The van der Waals surface area contributed by atoms with E-state index in [4.69, 9.17) is 4.74 Å². The minimum atomic E-state index is -3.57. The maximum atomic E-state index is 12.3. The van der Waals surface area contributed by atoms with Crippen molar-refractivity contribution in [1.29, 1.82) is 0 Å². The topological polar surface area (TPSA) is 96.5 Å². The highest BCUT2D eigenvalue weighted by Gasteiger charge is 2.28. The van der Waals surface area contributed by atoms with E-state index in [0.717, 1.165) is 19.4 Å². The average molecular weight is 390 g/mol. The van der Waals surface area contributed by atoms with E-state index in [0.29, 0.717) is 17.4 Å². The van der Waals surface area contributed by atoms with E-state index in [1.54, 1.807) is 6.07 Å². The standard InChI is InChI=1S/C16H23N3O4S.ClH/c1-23-15-7-6-13(24(21,22)19-12-4-5-12)8-14(15)18-16(20)10-17-9-11-2-3-11;/h6-8,11-12,17,19H,2-5,9-10H2,1H3,(H,18,20);1H. The van der Waals surface area contributed by atoms with E-state index in [-0.39, 0.29) is 35.8 Å². The smallest absolute Gasteiger partial charge is 0.240 e. The fourth-order valence-corrected chi connectivity index (χ4v) is 3.68. The Kier molecular flexibility index (Phi) is 6.67. The highest BCUT2D eigenvalue weighted by molar-refractivity contribution is 7.89. The highest BCUT2D eigenvalue weighted by Crippen LogP contribution is 2.29. The van der Waals surface area contributed by atoms with Gasteiger partial charge in [0.05, 0.1) is 24.2 Å². The summed E-state index contributed by atoms with van der Waals surface area (Å²) in [7, 11) is -2.09. The molecule has 1 amide bonds. The second-order valence-corrected chi connectivity index (χ2v) is 8.09. The summed E-state index contributed by atoms with van der Waals surface area (Å²) in [5, 5.41) is 5.82. The number of benzene rings is 1. The molecule has 2 aliphatic carbocycles. The van der Waals surface area contributed by atoms with Gasteiger partial charge in [-0.1, -0.05) is 0 Å². The number of carbonyl (C=O) groups is 1. The van der Waals surface area contributed by atoms with Crippen LogP contribution in [0.15, 0.2) is 23.1 Å². The van der Waals surface area contributed by atoms with Gasteiger partial charge in [0.1, 0.15) is 5.75 Å². The van der Waals surface area contributed by atoms with Crippen LogP contribution in [0.2, 0.25) is 0 Å². The fourth-order valence-electron chi connectivity index (χ4n) is 2.35. The highest BCUT2D eigenvalue weighted by atomic mass is 35.5. The molecule has 0 heterocycles. The van der Waals surface area contributed by atoms with Crippen molar-refractivity contribution in [3.63, 3.8) is 0 Å². The van der Waals surface area contributed by atoms with Crippen molar-refractivity contribution in [2.75, 3.05) is 25.5 Å². The van der Waals surface area contributed by atoms with E-state index in [1.807, 2.05) is 0 Å². The summed E-state index contributed by atoms with van der Waals surface area (Å²) in [6.45, 7) is 1.03. The van der Waals surface area contributed by atoms with E-state index in [1.165, 1.54) is 32.1 Å². The number of hydrogen-bond acceptors (Lipinski definition) is 5. The molecular weight excluding hydrogens is 366 g/mol. The van der Waals surface area contributed by atoms with E-state index in [2.05, 4.69) is 15.4 Å². The van der Waals surface area contributed by atoms with Crippen molar-refractivity contribution in [2.45, 2.75) is 36.6 Å². The number of amides is 1. The number of ether oxygens (including phenoxy) is 1. The number of methoxy groups -OCH3 is 1. The monoisotopic (exact) mass is 389 g/mol. The molecule has 0 aromatic heterocycles. The first-order valence-corrected chi connectivity index (χ1v) is 9.67. The molecule has 0 unspecified atom stereocenters. The molecule has 0 radical (unpaired) electrons. The minimum Gasteiger partial charge on any atom is -0.495 e. The van der Waals surface area contributed by atoms with Crippen molar-refractivity contribution < 1.29 is 17.9 Å². The van der Waals surface area contributed by atoms with Crippen LogP contribution >= 0.6 is 12.4 Å². The molecule has 7 nitrogen and oxygen atoms in total. The predicted molar refractivity (Wildman–Crippen MR) is 97.8 cm³/mol. The zero-order chi connectivity index (χ0) is 17.2. The lowest BCUT2D eigenvalue weighted by atomic mass is 10.3. The summed E-state index contributed by atoms with van der Waals surface area (Å²) >= 11 is 0. The van der Waals surface area contributed by atoms with Gasteiger partial charge in [-0.05, 0) is 56.3 Å². The van der Waals surface area contributed by atoms with Gasteiger partial charge in [0, 0.05) is 6.04 Å². The summed E-state index contributed by atoms with van der Waals surface area (Å²) in [6, 6.07) is 4.49. The predicted octanol–water partition coefficient (Wildman–Crippen LogP) is 1.50. The van der Waals surface area contributed by atoms with E-state index < -0.39 is 10.0 Å². The van der Waals surface area contributed by atoms with Crippen molar-refractivity contribution in [1.82, 2.24) is 10.0 Å². The lowest BCUT2D eigenvalue weighted by molar-refractivity contribution is -0.115. The molecule has 1 aromatic carbocycles. The Morgan fingerprint density at radius 1 is 1.24 bits per heavy atom. The van der Waals surface area contributed by atoms with Gasteiger partial charge in [0.15, 0.2) is 0 Å². The second-order valence-electron chi connectivity index (χ2n) is 6.38. The van der Waals surface area contributed by atoms with Gasteiger partial charge in [0.2, 0.25) is 15.9 Å². The molecule has 1 aromatic rings. The second kappa shape index (κ2) is 8.35. The Balaban J connectivity index is 0.00000225. The molecule has 2 fully saturated rings. The van der Waals surface area contributed by atoms with Gasteiger partial charge < -0.3 is 15.4 Å². The van der Waals surface area contributed by atoms with Crippen molar-refractivity contribution >= 4 is 34.0 Å². The SMILES string of the molecule is COc1ccc(S(=O)(=O)NC2CC2)cc1NC(=O)CNCC1CC1.Cl. The third-order valence-electron chi connectivity index (χ3n) is 4.07. The first-order chi connectivity index (χ1) is 11.5. The normalized spacial score (nSPS) is 16.8. The van der Waals surface area contributed by atoms with Crippen molar-refractivity contribution in [2.24, 2.45) is 5.92 Å². The van der Waals surface area contributed by atoms with Crippen LogP contribution in [0.4, 0.5) is 5.69 Å². The van der Waals surface area contributed by atoms with Gasteiger partial charge in [-0.25, -0.2) is 13.1 Å². The molecule has 9 heteroatoms.